The number of amides is 2. The average Bonchev–Trinajstić information content (AvgIpc) is 3.06. The Morgan fingerprint density at radius 1 is 1.52 bits per heavy atom. The number of benzene rings is 1. The molecule has 4 N–H and O–H groups in total. The molecule has 1 aromatic carbocycles. The van der Waals surface area contributed by atoms with E-state index in [0.717, 1.165) is 10.6 Å². The van der Waals surface area contributed by atoms with E-state index in [1.165, 1.54) is 11.0 Å². The normalized spacial score (nSPS) is 21.1. The van der Waals surface area contributed by atoms with Gasteiger partial charge in [-0.1, -0.05) is 15.9 Å². The van der Waals surface area contributed by atoms with Crippen LogP contribution in [0.2, 0.25) is 0 Å². The molecule has 0 radical (unpaired) electrons. The summed E-state index contributed by atoms with van der Waals surface area (Å²) in [4.78, 5) is 23.3. The maximum absolute atomic E-state index is 14.2. The second-order valence-corrected chi connectivity index (χ2v) is 6.11. The van der Waals surface area contributed by atoms with Crippen molar-refractivity contribution in [3.63, 3.8) is 0 Å². The lowest BCUT2D eigenvalue weighted by Crippen LogP contribution is -3.16. The fraction of sp³-hybridized carbons (Fsp3) is 0.200. The highest BCUT2D eigenvalue weighted by molar-refractivity contribution is 9.10. The molecule has 2 heterocycles. The van der Waals surface area contributed by atoms with Gasteiger partial charge in [-0.05, 0) is 18.2 Å². The minimum absolute atomic E-state index is 0.0358. The standard InChI is InChI=1S/C15H15BrFN5O3/c16-10-1-2-13(12(17)7-10)19-14-21(15(24)20-25-6-5-23)4-3-11-8-18-9-22(11)14/h1-4,7-9,14,19,23H,5-6H2,(H,20,24)/p+1. The number of nitrogens with zero attached hydrogens (tertiary/aromatic N) is 2. The molecule has 8 nitrogen and oxygen atoms in total. The number of nitrogens with one attached hydrogen (secondary N) is 3. The highest BCUT2D eigenvalue weighted by atomic mass is 79.9. The summed E-state index contributed by atoms with van der Waals surface area (Å²) in [6, 6.07) is 4.04. The molecule has 0 aromatic heterocycles. The van der Waals surface area contributed by atoms with Crippen molar-refractivity contribution in [3.05, 3.63) is 52.7 Å². The highest BCUT2D eigenvalue weighted by Gasteiger charge is 2.38. The number of halogens is 2. The van der Waals surface area contributed by atoms with Crippen LogP contribution in [0.3, 0.4) is 0 Å². The lowest BCUT2D eigenvalue weighted by Gasteiger charge is -2.34. The van der Waals surface area contributed by atoms with E-state index >= 15 is 0 Å². The smallest absolute Gasteiger partial charge is 0.351 e. The molecule has 132 valence electrons. The van der Waals surface area contributed by atoms with Gasteiger partial charge in [-0.15, -0.1) is 0 Å². The number of aliphatic imine (C=N–C) groups is 1. The number of rotatable bonds is 5. The fourth-order valence-electron chi connectivity index (χ4n) is 2.41. The Labute approximate surface area is 151 Å². The minimum atomic E-state index is -0.670. The van der Waals surface area contributed by atoms with E-state index < -0.39 is 18.1 Å². The van der Waals surface area contributed by atoms with Gasteiger partial charge in [-0.3, -0.25) is 4.84 Å². The van der Waals surface area contributed by atoms with E-state index in [0.29, 0.717) is 4.47 Å². The van der Waals surface area contributed by atoms with Crippen LogP contribution in [0, 0.1) is 5.82 Å². The number of carbonyl (C=O) groups is 1. The molecule has 2 amide bonds. The number of anilines is 1. The van der Waals surface area contributed by atoms with Crippen LogP contribution in [0.25, 0.3) is 0 Å². The third-order valence-electron chi connectivity index (χ3n) is 3.56. The van der Waals surface area contributed by atoms with Crippen LogP contribution in [0.5, 0.6) is 0 Å². The molecule has 2 atom stereocenters. The highest BCUT2D eigenvalue weighted by Crippen LogP contribution is 2.21. The monoisotopic (exact) mass is 412 g/mol. The molecule has 25 heavy (non-hydrogen) atoms. The molecule has 0 saturated carbocycles. The molecule has 2 aliphatic rings. The minimum Gasteiger partial charge on any atom is -0.394 e. The van der Waals surface area contributed by atoms with Gasteiger partial charge in [0.05, 0.1) is 25.1 Å². The van der Waals surface area contributed by atoms with Crippen LogP contribution < -0.4 is 15.7 Å². The van der Waals surface area contributed by atoms with Gasteiger partial charge in [-0.2, -0.15) is 0 Å². The lowest BCUT2D eigenvalue weighted by molar-refractivity contribution is -0.790. The molecular formula is C15H16BrFN5O3+. The lowest BCUT2D eigenvalue weighted by atomic mass is 10.3. The van der Waals surface area contributed by atoms with Crippen LogP contribution in [-0.4, -0.2) is 41.9 Å². The summed E-state index contributed by atoms with van der Waals surface area (Å²) in [5.74, 6) is -0.457. The Morgan fingerprint density at radius 3 is 3.12 bits per heavy atom. The maximum Gasteiger partial charge on any atom is 0.351 e. The van der Waals surface area contributed by atoms with Crippen LogP contribution in [-0.2, 0) is 4.84 Å². The Bertz CT molecular complexity index is 755. The van der Waals surface area contributed by atoms with Gasteiger partial charge in [0, 0.05) is 16.7 Å². The first kappa shape index (κ1) is 17.5. The molecule has 10 heteroatoms. The van der Waals surface area contributed by atoms with Gasteiger partial charge < -0.3 is 10.4 Å². The van der Waals surface area contributed by atoms with Crippen molar-refractivity contribution in [2.75, 3.05) is 18.5 Å². The molecular weight excluding hydrogens is 397 g/mol. The third-order valence-corrected chi connectivity index (χ3v) is 4.05. The number of urea groups is 1. The molecule has 0 spiro atoms. The van der Waals surface area contributed by atoms with Crippen molar-refractivity contribution < 1.29 is 24.0 Å². The fourth-order valence-corrected chi connectivity index (χ4v) is 2.74. The van der Waals surface area contributed by atoms with E-state index in [4.69, 9.17) is 9.94 Å². The van der Waals surface area contributed by atoms with Crippen molar-refractivity contribution in [1.29, 1.82) is 0 Å². The Morgan fingerprint density at radius 2 is 2.36 bits per heavy atom. The molecule has 0 saturated heterocycles. The number of hydrogen-bond acceptors (Lipinski definition) is 5. The zero-order valence-corrected chi connectivity index (χ0v) is 14.5. The van der Waals surface area contributed by atoms with Gasteiger partial charge in [0.2, 0.25) is 0 Å². The second kappa shape index (κ2) is 7.74. The first-order valence-corrected chi connectivity index (χ1v) is 8.21. The van der Waals surface area contributed by atoms with E-state index in [2.05, 4.69) is 31.7 Å². The van der Waals surface area contributed by atoms with E-state index in [1.807, 2.05) is 0 Å². The third kappa shape index (κ3) is 3.87. The Hall–Kier alpha value is -2.27. The van der Waals surface area contributed by atoms with Crippen LogP contribution in [0.1, 0.15) is 0 Å². The summed E-state index contributed by atoms with van der Waals surface area (Å²) < 4.78 is 14.8. The molecule has 1 aromatic rings. The summed E-state index contributed by atoms with van der Waals surface area (Å²) >= 11 is 3.21. The van der Waals surface area contributed by atoms with Crippen molar-refractivity contribution in [2.45, 2.75) is 6.29 Å². The summed E-state index contributed by atoms with van der Waals surface area (Å²) in [5.41, 5.74) is 3.30. The number of quaternary nitrogens is 1. The predicted molar refractivity (Wildman–Crippen MR) is 91.6 cm³/mol. The molecule has 2 aliphatic heterocycles. The van der Waals surface area contributed by atoms with E-state index in [-0.39, 0.29) is 18.9 Å². The van der Waals surface area contributed by atoms with Gasteiger partial charge >= 0.3 is 6.03 Å². The number of hydrogen-bond donors (Lipinski definition) is 4. The zero-order chi connectivity index (χ0) is 17.8. The maximum atomic E-state index is 14.2. The number of hydroxylamine groups is 1. The molecule has 0 aliphatic carbocycles. The summed E-state index contributed by atoms with van der Waals surface area (Å²) in [6.45, 7) is -0.259. The number of aliphatic hydroxyl groups excluding tert-OH is 1. The zero-order valence-electron chi connectivity index (χ0n) is 12.9. The van der Waals surface area contributed by atoms with Gasteiger partial charge in [-0.25, -0.2) is 29.5 Å². The molecule has 3 rings (SSSR count). The Balaban J connectivity index is 1.83. The van der Waals surface area contributed by atoms with Crippen molar-refractivity contribution in [1.82, 2.24) is 10.4 Å². The van der Waals surface area contributed by atoms with Gasteiger partial charge in [0.1, 0.15) is 5.82 Å². The SMILES string of the molecule is O=C(NOCCO)N1C=CC2=CN=C[NH+]2C1Nc1ccc(Br)cc1F. The largest absolute Gasteiger partial charge is 0.394 e. The second-order valence-electron chi connectivity index (χ2n) is 5.19. The first-order chi connectivity index (χ1) is 12.1. The van der Waals surface area contributed by atoms with Gasteiger partial charge in [0.15, 0.2) is 12.0 Å². The number of carbonyl (C=O) groups excluding carboxylic acids is 1. The van der Waals surface area contributed by atoms with Crippen molar-refractivity contribution >= 4 is 34.0 Å². The Kier molecular flexibility index (Phi) is 5.43. The number of allylic oxidation sites excluding steroid dienone is 1. The van der Waals surface area contributed by atoms with Crippen molar-refractivity contribution in [3.8, 4) is 0 Å². The van der Waals surface area contributed by atoms with E-state index in [1.54, 1.807) is 36.9 Å². The van der Waals surface area contributed by atoms with Crippen LogP contribution >= 0.6 is 15.9 Å². The number of fused-ring (bicyclic) bond motifs is 1. The first-order valence-electron chi connectivity index (χ1n) is 7.41. The molecule has 0 bridgehead atoms. The predicted octanol–water partition coefficient (Wildman–Crippen LogP) is 0.515. The van der Waals surface area contributed by atoms with Crippen LogP contribution in [0.4, 0.5) is 14.9 Å². The van der Waals surface area contributed by atoms with E-state index in [9.17, 15) is 9.18 Å². The topological polar surface area (TPSA) is 90.6 Å². The average molecular weight is 413 g/mol. The molecule has 2 unspecified atom stereocenters. The quantitative estimate of drug-likeness (QED) is 0.419. The summed E-state index contributed by atoms with van der Waals surface area (Å²) in [6.07, 6.45) is 5.88. The summed E-state index contributed by atoms with van der Waals surface area (Å²) in [5, 5.41) is 11.7. The number of aliphatic hydroxyl groups is 1. The van der Waals surface area contributed by atoms with Gasteiger partial charge in [0.25, 0.3) is 6.29 Å². The van der Waals surface area contributed by atoms with Crippen molar-refractivity contribution in [2.24, 2.45) is 4.99 Å². The molecule has 0 fully saturated rings. The summed E-state index contributed by atoms with van der Waals surface area (Å²) in [7, 11) is 0. The van der Waals surface area contributed by atoms with Crippen LogP contribution in [0.15, 0.2) is 51.8 Å².